The first-order chi connectivity index (χ1) is 5.74. The highest BCUT2D eigenvalue weighted by Crippen LogP contribution is 2.28. The summed E-state index contributed by atoms with van der Waals surface area (Å²) in [4.78, 5) is 10.4. The van der Waals surface area contributed by atoms with E-state index >= 15 is 0 Å². The summed E-state index contributed by atoms with van der Waals surface area (Å²) in [6.07, 6.45) is 4.52. The second kappa shape index (κ2) is 4.45. The van der Waals surface area contributed by atoms with Crippen LogP contribution in [0, 0.1) is 5.92 Å². The van der Waals surface area contributed by atoms with Crippen LogP contribution in [0.1, 0.15) is 32.1 Å². The van der Waals surface area contributed by atoms with Crippen molar-refractivity contribution in [3.63, 3.8) is 0 Å². The Hall–Kier alpha value is -0.570. The van der Waals surface area contributed by atoms with E-state index in [1.54, 1.807) is 7.11 Å². The van der Waals surface area contributed by atoms with Gasteiger partial charge in [-0.1, -0.05) is 12.8 Å². The number of hydrogen-bond acceptors (Lipinski definition) is 3. The fourth-order valence-corrected chi connectivity index (χ4v) is 1.93. The molecule has 1 saturated carbocycles. The molecule has 0 radical (unpaired) electrons. The summed E-state index contributed by atoms with van der Waals surface area (Å²) < 4.78 is 5.21. The molecule has 1 aliphatic rings. The third kappa shape index (κ3) is 2.48. The Morgan fingerprint density at radius 2 is 2.17 bits per heavy atom. The molecule has 3 nitrogen and oxygen atoms in total. The maximum absolute atomic E-state index is 10.4. The number of ether oxygens (including phenoxy) is 1. The number of hydrogen-bond donors (Lipinski definition) is 0. The van der Waals surface area contributed by atoms with Crippen LogP contribution in [-0.2, 0) is 9.53 Å². The number of aliphatic carboxylic acids is 1. The molecule has 0 aromatic rings. The zero-order valence-electron chi connectivity index (χ0n) is 7.41. The molecular weight excluding hydrogens is 156 g/mol. The van der Waals surface area contributed by atoms with Gasteiger partial charge in [0.2, 0.25) is 0 Å². The molecule has 0 N–H and O–H groups in total. The van der Waals surface area contributed by atoms with Gasteiger partial charge in [-0.05, 0) is 25.2 Å². The van der Waals surface area contributed by atoms with Crippen LogP contribution >= 0.6 is 0 Å². The summed E-state index contributed by atoms with van der Waals surface area (Å²) in [6.45, 7) is 0. The molecule has 0 saturated heterocycles. The minimum atomic E-state index is -0.955. The van der Waals surface area contributed by atoms with E-state index in [9.17, 15) is 9.90 Å². The number of carbonyl (C=O) groups excluding carboxylic acids is 1. The van der Waals surface area contributed by atoms with E-state index < -0.39 is 5.97 Å². The van der Waals surface area contributed by atoms with Gasteiger partial charge in [0.25, 0.3) is 0 Å². The van der Waals surface area contributed by atoms with Gasteiger partial charge in [-0.15, -0.1) is 0 Å². The minimum Gasteiger partial charge on any atom is -0.550 e. The van der Waals surface area contributed by atoms with Gasteiger partial charge in [-0.25, -0.2) is 0 Å². The molecule has 0 bridgehead atoms. The molecule has 0 aromatic carbocycles. The normalized spacial score (nSPS) is 30.1. The first-order valence-electron chi connectivity index (χ1n) is 4.46. The lowest BCUT2D eigenvalue weighted by Gasteiger charge is -2.30. The summed E-state index contributed by atoms with van der Waals surface area (Å²) in [5, 5.41) is 10.4. The summed E-state index contributed by atoms with van der Waals surface area (Å²) in [5.74, 6) is -0.780. The maximum atomic E-state index is 10.4. The predicted octanol–water partition coefficient (Wildman–Crippen LogP) is 0.332. The van der Waals surface area contributed by atoms with Gasteiger partial charge in [0, 0.05) is 13.1 Å². The van der Waals surface area contributed by atoms with E-state index in [0.29, 0.717) is 0 Å². The second-order valence-corrected chi connectivity index (χ2v) is 3.39. The highest BCUT2D eigenvalue weighted by Gasteiger charge is 2.24. The van der Waals surface area contributed by atoms with Gasteiger partial charge in [0.15, 0.2) is 0 Å². The number of carbonyl (C=O) groups is 1. The molecule has 2 atom stereocenters. The van der Waals surface area contributed by atoms with Crippen molar-refractivity contribution in [3.8, 4) is 0 Å². The van der Waals surface area contributed by atoms with E-state index in [1.165, 1.54) is 0 Å². The average Bonchev–Trinajstić information content (AvgIpc) is 2.04. The van der Waals surface area contributed by atoms with Gasteiger partial charge >= 0.3 is 0 Å². The highest BCUT2D eigenvalue weighted by atomic mass is 16.5. The molecule has 2 unspecified atom stereocenters. The monoisotopic (exact) mass is 171 g/mol. The van der Waals surface area contributed by atoms with Crippen molar-refractivity contribution in [2.45, 2.75) is 38.2 Å². The van der Waals surface area contributed by atoms with E-state index in [-0.39, 0.29) is 18.4 Å². The number of rotatable bonds is 3. The van der Waals surface area contributed by atoms with Crippen molar-refractivity contribution < 1.29 is 14.6 Å². The Morgan fingerprint density at radius 1 is 1.50 bits per heavy atom. The van der Waals surface area contributed by atoms with Crippen molar-refractivity contribution in [1.29, 1.82) is 0 Å². The lowest BCUT2D eigenvalue weighted by molar-refractivity contribution is -0.307. The van der Waals surface area contributed by atoms with Gasteiger partial charge in [-0.2, -0.15) is 0 Å². The van der Waals surface area contributed by atoms with Crippen molar-refractivity contribution in [1.82, 2.24) is 0 Å². The van der Waals surface area contributed by atoms with E-state index in [4.69, 9.17) is 4.74 Å². The zero-order chi connectivity index (χ0) is 8.97. The standard InChI is InChI=1S/C9H16O3/c1-12-8-5-3-2-4-7(8)6-9(10)11/h7-8H,2-6H2,1H3,(H,10,11)/p-1. The van der Waals surface area contributed by atoms with Crippen molar-refractivity contribution in [2.75, 3.05) is 7.11 Å². The van der Waals surface area contributed by atoms with Crippen LogP contribution in [0.4, 0.5) is 0 Å². The number of methoxy groups -OCH3 is 1. The Balaban J connectivity index is 2.41. The fourth-order valence-electron chi connectivity index (χ4n) is 1.93. The maximum Gasteiger partial charge on any atom is 0.0603 e. The highest BCUT2D eigenvalue weighted by molar-refractivity contribution is 5.64. The first-order valence-corrected chi connectivity index (χ1v) is 4.46. The largest absolute Gasteiger partial charge is 0.550 e. The van der Waals surface area contributed by atoms with Gasteiger partial charge in [0.05, 0.1) is 6.10 Å². The average molecular weight is 171 g/mol. The molecule has 0 aromatic heterocycles. The summed E-state index contributed by atoms with van der Waals surface area (Å²) in [6, 6.07) is 0. The smallest absolute Gasteiger partial charge is 0.0603 e. The fraction of sp³-hybridized carbons (Fsp3) is 0.889. The summed E-state index contributed by atoms with van der Waals surface area (Å²) in [5.41, 5.74) is 0. The van der Waals surface area contributed by atoms with Gasteiger partial charge in [-0.3, -0.25) is 0 Å². The topological polar surface area (TPSA) is 49.4 Å². The van der Waals surface area contributed by atoms with Gasteiger partial charge in [0.1, 0.15) is 0 Å². The lowest BCUT2D eigenvalue weighted by Crippen LogP contribution is -2.33. The zero-order valence-corrected chi connectivity index (χ0v) is 7.41. The van der Waals surface area contributed by atoms with Crippen LogP contribution < -0.4 is 5.11 Å². The molecule has 1 rings (SSSR count). The van der Waals surface area contributed by atoms with Gasteiger partial charge < -0.3 is 14.6 Å². The van der Waals surface area contributed by atoms with Crippen molar-refractivity contribution >= 4 is 5.97 Å². The molecule has 0 amide bonds. The van der Waals surface area contributed by atoms with E-state index in [1.807, 2.05) is 0 Å². The van der Waals surface area contributed by atoms with Crippen molar-refractivity contribution in [2.24, 2.45) is 5.92 Å². The van der Waals surface area contributed by atoms with Crippen LogP contribution in [0.15, 0.2) is 0 Å². The van der Waals surface area contributed by atoms with Crippen LogP contribution in [0.3, 0.4) is 0 Å². The summed E-state index contributed by atoms with van der Waals surface area (Å²) >= 11 is 0. The Labute approximate surface area is 72.7 Å². The number of carboxylic acid groups (broad SMARTS) is 1. The van der Waals surface area contributed by atoms with Crippen LogP contribution in [0.5, 0.6) is 0 Å². The minimum absolute atomic E-state index is 0.136. The SMILES string of the molecule is COC1CCCCC1CC(=O)[O-]. The molecule has 0 aliphatic heterocycles. The quantitative estimate of drug-likeness (QED) is 0.615. The van der Waals surface area contributed by atoms with Crippen LogP contribution in [-0.4, -0.2) is 19.2 Å². The predicted molar refractivity (Wildman–Crippen MR) is 42.4 cm³/mol. The Morgan fingerprint density at radius 3 is 2.75 bits per heavy atom. The molecule has 12 heavy (non-hydrogen) atoms. The third-order valence-electron chi connectivity index (χ3n) is 2.57. The first kappa shape index (κ1) is 9.52. The van der Waals surface area contributed by atoms with Crippen molar-refractivity contribution in [3.05, 3.63) is 0 Å². The van der Waals surface area contributed by atoms with E-state index in [2.05, 4.69) is 0 Å². The Bertz CT molecular complexity index is 156. The summed E-state index contributed by atoms with van der Waals surface area (Å²) in [7, 11) is 1.65. The molecule has 1 fully saturated rings. The van der Waals surface area contributed by atoms with E-state index in [0.717, 1.165) is 25.7 Å². The molecule has 1 aliphatic carbocycles. The second-order valence-electron chi connectivity index (χ2n) is 3.39. The molecular formula is C9H15O3-. The third-order valence-corrected chi connectivity index (χ3v) is 2.57. The molecule has 3 heteroatoms. The van der Waals surface area contributed by atoms with Crippen LogP contribution in [0.25, 0.3) is 0 Å². The lowest BCUT2D eigenvalue weighted by atomic mass is 9.84. The van der Waals surface area contributed by atoms with Crippen LogP contribution in [0.2, 0.25) is 0 Å². The number of carboxylic acids is 1. The molecule has 0 heterocycles. The Kier molecular flexibility index (Phi) is 3.53. The molecule has 70 valence electrons. The molecule has 0 spiro atoms.